The molecular formula is C23H18N2O4. The topological polar surface area (TPSA) is 79.6 Å². The monoisotopic (exact) mass is 386 g/mol. The highest BCUT2D eigenvalue weighted by molar-refractivity contribution is 6.05. The smallest absolute Gasteiger partial charge is 0.355 e. The zero-order valence-corrected chi connectivity index (χ0v) is 16.0. The van der Waals surface area contributed by atoms with E-state index >= 15 is 0 Å². The van der Waals surface area contributed by atoms with E-state index in [0.29, 0.717) is 11.3 Å². The molecule has 0 aromatic heterocycles. The predicted octanol–water partition coefficient (Wildman–Crippen LogP) is 3.72. The van der Waals surface area contributed by atoms with E-state index in [2.05, 4.69) is 6.07 Å². The predicted molar refractivity (Wildman–Crippen MR) is 108 cm³/mol. The number of anilines is 1. The molecule has 0 aliphatic carbocycles. The van der Waals surface area contributed by atoms with Crippen LogP contribution in [0.15, 0.2) is 84.2 Å². The average Bonchev–Trinajstić information content (AvgIpc) is 3.01. The van der Waals surface area contributed by atoms with E-state index in [9.17, 15) is 9.59 Å². The van der Waals surface area contributed by atoms with E-state index in [0.717, 1.165) is 11.1 Å². The molecular weight excluding hydrogens is 368 g/mol. The normalized spacial score (nSPS) is 12.9. The number of hydrogen-bond donors (Lipinski definition) is 0. The summed E-state index contributed by atoms with van der Waals surface area (Å²) >= 11 is 0. The second-order valence-electron chi connectivity index (χ2n) is 6.06. The summed E-state index contributed by atoms with van der Waals surface area (Å²) in [6.45, 7) is 0. The number of esters is 2. The van der Waals surface area contributed by atoms with Gasteiger partial charge in [0.25, 0.3) is 0 Å². The molecule has 2 aromatic carbocycles. The molecule has 1 heterocycles. The molecule has 0 saturated heterocycles. The lowest BCUT2D eigenvalue weighted by Gasteiger charge is -2.23. The number of rotatable bonds is 4. The Morgan fingerprint density at radius 1 is 0.931 bits per heavy atom. The summed E-state index contributed by atoms with van der Waals surface area (Å²) < 4.78 is 9.71. The molecule has 0 bridgehead atoms. The quantitative estimate of drug-likeness (QED) is 0.745. The second-order valence-corrected chi connectivity index (χ2v) is 6.06. The van der Waals surface area contributed by atoms with Crippen LogP contribution in [0.4, 0.5) is 5.69 Å². The van der Waals surface area contributed by atoms with Crippen LogP contribution in [0.2, 0.25) is 0 Å². The van der Waals surface area contributed by atoms with Gasteiger partial charge in [-0.15, -0.1) is 0 Å². The number of hydrogen-bond acceptors (Lipinski definition) is 6. The first-order chi connectivity index (χ1) is 14.1. The van der Waals surface area contributed by atoms with Crippen molar-refractivity contribution in [1.82, 2.24) is 0 Å². The minimum atomic E-state index is -0.660. The highest BCUT2D eigenvalue weighted by Gasteiger charge is 2.27. The van der Waals surface area contributed by atoms with Crippen molar-refractivity contribution in [3.63, 3.8) is 0 Å². The third-order valence-electron chi connectivity index (χ3n) is 4.36. The number of allylic oxidation sites excluding steroid dienone is 2. The molecule has 29 heavy (non-hydrogen) atoms. The van der Waals surface area contributed by atoms with Crippen molar-refractivity contribution in [3.8, 4) is 17.2 Å². The van der Waals surface area contributed by atoms with E-state index in [-0.39, 0.29) is 11.3 Å². The largest absolute Gasteiger partial charge is 0.465 e. The first-order valence-electron chi connectivity index (χ1n) is 8.74. The fraction of sp³-hybridized carbons (Fsp3) is 0.0870. The molecule has 1 aliphatic rings. The minimum absolute atomic E-state index is 0.0589. The molecule has 6 nitrogen and oxygen atoms in total. The number of nitriles is 1. The molecule has 6 heteroatoms. The van der Waals surface area contributed by atoms with Gasteiger partial charge < -0.3 is 14.4 Å². The van der Waals surface area contributed by atoms with Crippen LogP contribution in [0.5, 0.6) is 0 Å². The van der Waals surface area contributed by atoms with Crippen molar-refractivity contribution in [3.05, 3.63) is 89.8 Å². The SMILES string of the molecule is COC(=O)C1=C(C(=O)OC)N(c2ccc(-c3cccc(C#N)c3)cc2)C=CC=C1. The van der Waals surface area contributed by atoms with Gasteiger partial charge in [0, 0.05) is 11.9 Å². The standard InChI is InChI=1S/C23H18N2O4/c1-28-22(26)20-8-3-4-13-25(21(20)23(27)29-2)19-11-9-17(10-12-19)18-7-5-6-16(14-18)15-24/h3-14H,1-2H3. The fourth-order valence-corrected chi connectivity index (χ4v) is 2.95. The minimum Gasteiger partial charge on any atom is -0.465 e. The molecule has 0 fully saturated rings. The van der Waals surface area contributed by atoms with Gasteiger partial charge in [-0.3, -0.25) is 0 Å². The van der Waals surface area contributed by atoms with Crippen molar-refractivity contribution >= 4 is 17.6 Å². The van der Waals surface area contributed by atoms with Crippen molar-refractivity contribution in [1.29, 1.82) is 5.26 Å². The Morgan fingerprint density at radius 2 is 1.66 bits per heavy atom. The van der Waals surface area contributed by atoms with Crippen molar-refractivity contribution in [2.24, 2.45) is 0 Å². The van der Waals surface area contributed by atoms with Gasteiger partial charge in [-0.2, -0.15) is 5.26 Å². The molecule has 0 N–H and O–H groups in total. The lowest BCUT2D eigenvalue weighted by molar-refractivity contribution is -0.139. The fourth-order valence-electron chi connectivity index (χ4n) is 2.95. The van der Waals surface area contributed by atoms with E-state index in [1.165, 1.54) is 20.3 Å². The lowest BCUT2D eigenvalue weighted by Crippen LogP contribution is -2.26. The summed E-state index contributed by atoms with van der Waals surface area (Å²) in [4.78, 5) is 26.2. The number of carbonyl (C=O) groups excluding carboxylic acids is 2. The molecule has 0 spiro atoms. The summed E-state index contributed by atoms with van der Waals surface area (Å²) in [5.41, 5.74) is 3.21. The van der Waals surface area contributed by atoms with E-state index in [4.69, 9.17) is 14.7 Å². The Hall–Kier alpha value is -4.11. The van der Waals surface area contributed by atoms with Crippen LogP contribution < -0.4 is 4.90 Å². The van der Waals surface area contributed by atoms with E-state index in [1.807, 2.05) is 36.4 Å². The van der Waals surface area contributed by atoms with Crippen molar-refractivity contribution in [2.45, 2.75) is 0 Å². The third-order valence-corrected chi connectivity index (χ3v) is 4.36. The molecule has 144 valence electrons. The Labute approximate surface area is 168 Å². The van der Waals surface area contributed by atoms with Gasteiger partial charge in [-0.1, -0.05) is 30.3 Å². The van der Waals surface area contributed by atoms with Crippen LogP contribution >= 0.6 is 0 Å². The number of ether oxygens (including phenoxy) is 2. The van der Waals surface area contributed by atoms with Gasteiger partial charge >= 0.3 is 11.9 Å². The second kappa shape index (κ2) is 8.72. The van der Waals surface area contributed by atoms with Crippen LogP contribution in [0.25, 0.3) is 11.1 Å². The zero-order valence-electron chi connectivity index (χ0n) is 16.0. The van der Waals surface area contributed by atoms with E-state index in [1.54, 1.807) is 35.4 Å². The van der Waals surface area contributed by atoms with Crippen LogP contribution in [0.3, 0.4) is 0 Å². The number of carbonyl (C=O) groups is 2. The van der Waals surface area contributed by atoms with Crippen molar-refractivity contribution in [2.75, 3.05) is 19.1 Å². The summed E-state index contributed by atoms with van der Waals surface area (Å²) in [7, 11) is 2.51. The average molecular weight is 386 g/mol. The highest BCUT2D eigenvalue weighted by atomic mass is 16.5. The Balaban J connectivity index is 2.04. The number of nitrogens with zero attached hydrogens (tertiary/aromatic N) is 2. The molecule has 0 radical (unpaired) electrons. The van der Waals surface area contributed by atoms with Crippen LogP contribution in [0.1, 0.15) is 5.56 Å². The summed E-state index contributed by atoms with van der Waals surface area (Å²) in [6, 6.07) is 16.8. The molecule has 3 rings (SSSR count). The first-order valence-corrected chi connectivity index (χ1v) is 8.74. The Kier molecular flexibility index (Phi) is 5.91. The summed E-state index contributed by atoms with van der Waals surface area (Å²) in [5.74, 6) is -1.30. The zero-order chi connectivity index (χ0) is 20.8. The highest BCUT2D eigenvalue weighted by Crippen LogP contribution is 2.29. The molecule has 1 aliphatic heterocycles. The third kappa shape index (κ3) is 4.09. The molecule has 0 atom stereocenters. The molecule has 0 unspecified atom stereocenters. The van der Waals surface area contributed by atoms with Crippen LogP contribution in [-0.4, -0.2) is 26.2 Å². The maximum atomic E-state index is 12.5. The van der Waals surface area contributed by atoms with Crippen LogP contribution in [-0.2, 0) is 19.1 Å². The van der Waals surface area contributed by atoms with Gasteiger partial charge in [-0.05, 0) is 47.5 Å². The van der Waals surface area contributed by atoms with Gasteiger partial charge in [0.15, 0.2) is 0 Å². The van der Waals surface area contributed by atoms with Crippen LogP contribution in [0, 0.1) is 11.3 Å². The Bertz CT molecular complexity index is 1070. The molecule has 2 aromatic rings. The maximum Gasteiger partial charge on any atom is 0.355 e. The van der Waals surface area contributed by atoms with Gasteiger partial charge in [0.05, 0.1) is 31.4 Å². The van der Waals surface area contributed by atoms with Crippen molar-refractivity contribution < 1.29 is 19.1 Å². The maximum absolute atomic E-state index is 12.5. The number of methoxy groups -OCH3 is 2. The first kappa shape index (κ1) is 19.6. The van der Waals surface area contributed by atoms with Gasteiger partial charge in [0.1, 0.15) is 5.70 Å². The number of benzene rings is 2. The van der Waals surface area contributed by atoms with Gasteiger partial charge in [-0.25, -0.2) is 9.59 Å². The van der Waals surface area contributed by atoms with E-state index < -0.39 is 11.9 Å². The summed E-state index contributed by atoms with van der Waals surface area (Å²) in [5, 5.41) is 9.09. The molecule has 0 saturated carbocycles. The Morgan fingerprint density at radius 3 is 2.31 bits per heavy atom. The lowest BCUT2D eigenvalue weighted by atomic mass is 10.0. The van der Waals surface area contributed by atoms with Gasteiger partial charge in [0.2, 0.25) is 0 Å². The molecule has 0 amide bonds. The summed E-state index contributed by atoms with van der Waals surface area (Å²) in [6.07, 6.45) is 6.54.